The van der Waals surface area contributed by atoms with E-state index in [0.717, 1.165) is 5.56 Å². The molecule has 0 aliphatic carbocycles. The third-order valence-corrected chi connectivity index (χ3v) is 5.11. The Kier molecular flexibility index (Phi) is 5.92. The van der Waals surface area contributed by atoms with Gasteiger partial charge in [-0.15, -0.1) is 0 Å². The molecule has 2 aromatic rings. The highest BCUT2D eigenvalue weighted by molar-refractivity contribution is 7.92. The SMILES string of the molecule is CCNC(=O)c1cc(S(=O)(=O)Nc2cc(Cl)ccc2C)ccc1OC. The number of carbonyl (C=O) groups excluding carboxylic acids is 1. The molecule has 0 fully saturated rings. The summed E-state index contributed by atoms with van der Waals surface area (Å²) in [4.78, 5) is 12.1. The van der Waals surface area contributed by atoms with Crippen molar-refractivity contribution in [1.82, 2.24) is 5.32 Å². The van der Waals surface area contributed by atoms with E-state index in [1.165, 1.54) is 31.4 Å². The van der Waals surface area contributed by atoms with Crippen molar-refractivity contribution in [2.45, 2.75) is 18.7 Å². The van der Waals surface area contributed by atoms with Crippen LogP contribution in [0.25, 0.3) is 0 Å². The van der Waals surface area contributed by atoms with Crippen LogP contribution in [-0.2, 0) is 10.0 Å². The molecule has 134 valence electrons. The summed E-state index contributed by atoms with van der Waals surface area (Å²) in [6.07, 6.45) is 0. The quantitative estimate of drug-likeness (QED) is 0.803. The molecule has 0 radical (unpaired) electrons. The van der Waals surface area contributed by atoms with E-state index in [0.29, 0.717) is 23.0 Å². The summed E-state index contributed by atoms with van der Waals surface area (Å²) >= 11 is 5.93. The fourth-order valence-corrected chi connectivity index (χ4v) is 3.51. The van der Waals surface area contributed by atoms with Crippen molar-refractivity contribution in [3.63, 3.8) is 0 Å². The molecule has 0 aromatic heterocycles. The van der Waals surface area contributed by atoms with Gasteiger partial charge in [-0.3, -0.25) is 9.52 Å². The average Bonchev–Trinajstić information content (AvgIpc) is 2.57. The van der Waals surface area contributed by atoms with Crippen molar-refractivity contribution in [2.75, 3.05) is 18.4 Å². The minimum Gasteiger partial charge on any atom is -0.496 e. The molecule has 8 heteroatoms. The van der Waals surface area contributed by atoms with Gasteiger partial charge in [-0.1, -0.05) is 17.7 Å². The minimum absolute atomic E-state index is 0.0473. The molecule has 1 amide bonds. The standard InChI is InChI=1S/C17H19ClN2O4S/c1-4-19-17(21)14-10-13(7-8-16(14)24-3)25(22,23)20-15-9-12(18)6-5-11(15)2/h5-10,20H,4H2,1-3H3,(H,19,21). The van der Waals surface area contributed by atoms with Gasteiger partial charge in [0.1, 0.15) is 5.75 Å². The first-order valence-corrected chi connectivity index (χ1v) is 9.39. The Morgan fingerprint density at radius 3 is 2.56 bits per heavy atom. The molecule has 0 spiro atoms. The summed E-state index contributed by atoms with van der Waals surface area (Å²) in [7, 11) is -2.48. The van der Waals surface area contributed by atoms with Crippen LogP contribution in [0.3, 0.4) is 0 Å². The molecule has 0 aliphatic heterocycles. The van der Waals surface area contributed by atoms with Gasteiger partial charge < -0.3 is 10.1 Å². The summed E-state index contributed by atoms with van der Waals surface area (Å²) in [5, 5.41) is 3.05. The maximum Gasteiger partial charge on any atom is 0.261 e. The topological polar surface area (TPSA) is 84.5 Å². The Hall–Kier alpha value is -2.25. The van der Waals surface area contributed by atoms with Gasteiger partial charge in [0.25, 0.3) is 15.9 Å². The van der Waals surface area contributed by atoms with E-state index in [2.05, 4.69) is 10.0 Å². The molecule has 0 bridgehead atoms. The molecule has 0 saturated carbocycles. The second-order valence-corrected chi connectivity index (χ2v) is 7.41. The van der Waals surface area contributed by atoms with E-state index in [1.807, 2.05) is 0 Å². The number of anilines is 1. The number of sulfonamides is 1. The van der Waals surface area contributed by atoms with Crippen LogP contribution in [-0.4, -0.2) is 28.0 Å². The normalized spacial score (nSPS) is 11.0. The highest BCUT2D eigenvalue weighted by Crippen LogP contribution is 2.26. The molecular weight excluding hydrogens is 364 g/mol. The Balaban J connectivity index is 2.44. The van der Waals surface area contributed by atoms with Crippen LogP contribution in [0.5, 0.6) is 5.75 Å². The number of benzene rings is 2. The number of hydrogen-bond acceptors (Lipinski definition) is 4. The zero-order valence-corrected chi connectivity index (χ0v) is 15.7. The van der Waals surface area contributed by atoms with Crippen LogP contribution < -0.4 is 14.8 Å². The first-order chi connectivity index (χ1) is 11.8. The molecule has 0 saturated heterocycles. The lowest BCUT2D eigenvalue weighted by Crippen LogP contribution is -2.24. The lowest BCUT2D eigenvalue weighted by Gasteiger charge is -2.13. The second kappa shape index (κ2) is 7.76. The van der Waals surface area contributed by atoms with Gasteiger partial charge >= 0.3 is 0 Å². The number of amides is 1. The monoisotopic (exact) mass is 382 g/mol. The maximum absolute atomic E-state index is 12.7. The number of methoxy groups -OCH3 is 1. The van der Waals surface area contributed by atoms with Crippen molar-refractivity contribution in [2.24, 2.45) is 0 Å². The van der Waals surface area contributed by atoms with Gasteiger partial charge in [-0.05, 0) is 49.7 Å². The fraction of sp³-hybridized carbons (Fsp3) is 0.235. The number of ether oxygens (including phenoxy) is 1. The van der Waals surface area contributed by atoms with E-state index in [9.17, 15) is 13.2 Å². The summed E-state index contributed by atoms with van der Waals surface area (Å²) < 4.78 is 33.0. The van der Waals surface area contributed by atoms with Crippen molar-refractivity contribution >= 4 is 33.2 Å². The summed E-state index contributed by atoms with van der Waals surface area (Å²) in [5.74, 6) is -0.112. The van der Waals surface area contributed by atoms with Crippen LogP contribution >= 0.6 is 11.6 Å². The van der Waals surface area contributed by atoms with E-state index in [4.69, 9.17) is 16.3 Å². The van der Waals surface area contributed by atoms with Crippen molar-refractivity contribution in [3.8, 4) is 5.75 Å². The van der Waals surface area contributed by atoms with Gasteiger partial charge in [0, 0.05) is 11.6 Å². The number of hydrogen-bond donors (Lipinski definition) is 2. The molecule has 0 heterocycles. The van der Waals surface area contributed by atoms with Crippen LogP contribution in [0.1, 0.15) is 22.8 Å². The van der Waals surface area contributed by atoms with Gasteiger partial charge in [-0.25, -0.2) is 8.42 Å². The van der Waals surface area contributed by atoms with E-state index >= 15 is 0 Å². The van der Waals surface area contributed by atoms with Crippen molar-refractivity contribution < 1.29 is 17.9 Å². The Morgan fingerprint density at radius 1 is 1.20 bits per heavy atom. The van der Waals surface area contributed by atoms with Crippen LogP contribution in [0.15, 0.2) is 41.3 Å². The first-order valence-electron chi connectivity index (χ1n) is 7.53. The Morgan fingerprint density at radius 2 is 1.92 bits per heavy atom. The third kappa shape index (κ3) is 4.43. The zero-order valence-electron chi connectivity index (χ0n) is 14.1. The molecule has 6 nitrogen and oxygen atoms in total. The summed E-state index contributed by atoms with van der Waals surface area (Å²) in [5.41, 5.74) is 1.25. The second-order valence-electron chi connectivity index (χ2n) is 5.29. The van der Waals surface area contributed by atoms with Gasteiger partial charge in [0.15, 0.2) is 0 Å². The fourth-order valence-electron chi connectivity index (χ4n) is 2.20. The predicted octanol–water partition coefficient (Wildman–Crippen LogP) is 3.21. The third-order valence-electron chi connectivity index (χ3n) is 3.51. The molecule has 25 heavy (non-hydrogen) atoms. The molecular formula is C17H19ClN2O4S. The van der Waals surface area contributed by atoms with Gasteiger partial charge in [0.05, 0.1) is 23.3 Å². The molecule has 0 aliphatic rings. The Bertz CT molecular complexity index is 898. The Labute approximate surface area is 152 Å². The zero-order chi connectivity index (χ0) is 18.6. The number of aryl methyl sites for hydroxylation is 1. The first kappa shape index (κ1) is 19.1. The van der Waals surface area contributed by atoms with Gasteiger partial charge in [-0.2, -0.15) is 0 Å². The smallest absolute Gasteiger partial charge is 0.261 e. The van der Waals surface area contributed by atoms with Crippen LogP contribution in [0, 0.1) is 6.92 Å². The van der Waals surface area contributed by atoms with E-state index in [-0.39, 0.29) is 10.5 Å². The molecule has 0 atom stereocenters. The number of carbonyl (C=O) groups is 1. The van der Waals surface area contributed by atoms with Crippen molar-refractivity contribution in [3.05, 3.63) is 52.5 Å². The molecule has 2 rings (SSSR count). The maximum atomic E-state index is 12.7. The summed E-state index contributed by atoms with van der Waals surface area (Å²) in [6, 6.07) is 9.03. The number of rotatable bonds is 6. The molecule has 2 N–H and O–H groups in total. The van der Waals surface area contributed by atoms with Gasteiger partial charge in [0.2, 0.25) is 0 Å². The van der Waals surface area contributed by atoms with E-state index in [1.54, 1.807) is 26.0 Å². The number of nitrogens with one attached hydrogen (secondary N) is 2. The number of halogens is 1. The highest BCUT2D eigenvalue weighted by Gasteiger charge is 2.20. The molecule has 0 unspecified atom stereocenters. The predicted molar refractivity (Wildman–Crippen MR) is 98.0 cm³/mol. The minimum atomic E-state index is -3.89. The largest absolute Gasteiger partial charge is 0.496 e. The average molecular weight is 383 g/mol. The summed E-state index contributed by atoms with van der Waals surface area (Å²) in [6.45, 7) is 3.95. The van der Waals surface area contributed by atoms with Crippen LogP contribution in [0.4, 0.5) is 5.69 Å². The lowest BCUT2D eigenvalue weighted by molar-refractivity contribution is 0.0952. The lowest BCUT2D eigenvalue weighted by atomic mass is 10.2. The molecule has 2 aromatic carbocycles. The van der Waals surface area contributed by atoms with Crippen molar-refractivity contribution in [1.29, 1.82) is 0 Å². The van der Waals surface area contributed by atoms with E-state index < -0.39 is 15.9 Å². The van der Waals surface area contributed by atoms with Crippen LogP contribution in [0.2, 0.25) is 5.02 Å². The highest BCUT2D eigenvalue weighted by atomic mass is 35.5.